The molecule has 0 amide bonds. The van der Waals surface area contributed by atoms with E-state index in [0.717, 1.165) is 0 Å². The van der Waals surface area contributed by atoms with Crippen molar-refractivity contribution in [2.24, 2.45) is 0 Å². The number of benzene rings is 2. The van der Waals surface area contributed by atoms with E-state index in [2.05, 4.69) is 37.1 Å². The van der Waals surface area contributed by atoms with Gasteiger partial charge in [0.2, 0.25) is 0 Å². The lowest BCUT2D eigenvalue weighted by atomic mass is 10.2. The van der Waals surface area contributed by atoms with Crippen LogP contribution in [0, 0.1) is 11.8 Å². The summed E-state index contributed by atoms with van der Waals surface area (Å²) in [6.45, 7) is 0.408. The fraction of sp³-hybridized carbons (Fsp3) is 0.0769. The number of rotatable bonds is 5. The third-order valence-corrected chi connectivity index (χ3v) is 5.66. The van der Waals surface area contributed by atoms with Crippen LogP contribution in [0.15, 0.2) is 78.4 Å². The minimum atomic E-state index is -0.227. The molecule has 0 radical (unpaired) electrons. The Morgan fingerprint density at radius 1 is 0.972 bits per heavy atom. The number of hydrogen-bond donors (Lipinski definition) is 2. The molecular formula is C26H19ClN8O. The van der Waals surface area contributed by atoms with E-state index in [-0.39, 0.29) is 11.4 Å². The van der Waals surface area contributed by atoms with E-state index in [0.29, 0.717) is 57.3 Å². The van der Waals surface area contributed by atoms with Crippen molar-refractivity contribution in [3.8, 4) is 17.5 Å². The molecule has 3 aromatic heterocycles. The molecule has 5 aromatic rings. The van der Waals surface area contributed by atoms with Crippen LogP contribution in [0.1, 0.15) is 17.0 Å². The maximum atomic E-state index is 13.5. The summed E-state index contributed by atoms with van der Waals surface area (Å²) < 4.78 is 1.58. The van der Waals surface area contributed by atoms with Gasteiger partial charge in [0.25, 0.3) is 5.56 Å². The highest BCUT2D eigenvalue weighted by atomic mass is 35.5. The van der Waals surface area contributed by atoms with Gasteiger partial charge >= 0.3 is 0 Å². The molecule has 3 heterocycles. The summed E-state index contributed by atoms with van der Waals surface area (Å²) >= 11 is 6.35. The van der Waals surface area contributed by atoms with E-state index in [1.807, 2.05) is 30.3 Å². The predicted molar refractivity (Wildman–Crippen MR) is 139 cm³/mol. The maximum absolute atomic E-state index is 13.5. The summed E-state index contributed by atoms with van der Waals surface area (Å²) in [6, 6.07) is 14.6. The van der Waals surface area contributed by atoms with Crippen molar-refractivity contribution in [2.45, 2.75) is 6.42 Å². The van der Waals surface area contributed by atoms with Crippen molar-refractivity contribution in [1.29, 1.82) is 0 Å². The number of nitrogen functional groups attached to an aromatic ring is 1. The zero-order valence-corrected chi connectivity index (χ0v) is 19.6. The summed E-state index contributed by atoms with van der Waals surface area (Å²) in [5, 5.41) is 3.99. The fourth-order valence-electron chi connectivity index (χ4n) is 3.69. The van der Waals surface area contributed by atoms with Gasteiger partial charge in [-0.15, -0.1) is 0 Å². The van der Waals surface area contributed by atoms with Gasteiger partial charge in [-0.2, -0.15) is 0 Å². The first-order valence-corrected chi connectivity index (χ1v) is 11.4. The SMILES string of the molecule is Nc1ncnc(NCCc2nc3cccc(Cl)c3c(=O)n2-c2ccccc2)c1C#Cc1cncnc1. The largest absolute Gasteiger partial charge is 0.382 e. The third kappa shape index (κ3) is 4.71. The Balaban J connectivity index is 1.47. The number of para-hydroxylation sites is 1. The molecule has 0 bridgehead atoms. The summed E-state index contributed by atoms with van der Waals surface area (Å²) in [5.74, 6) is 7.26. The highest BCUT2D eigenvalue weighted by molar-refractivity contribution is 6.35. The van der Waals surface area contributed by atoms with Crippen LogP contribution in [0.3, 0.4) is 0 Å². The molecule has 0 aliphatic carbocycles. The Bertz CT molecular complexity index is 1660. The molecule has 0 saturated carbocycles. The number of nitrogens with one attached hydrogen (secondary N) is 1. The molecule has 9 nitrogen and oxygen atoms in total. The highest BCUT2D eigenvalue weighted by Gasteiger charge is 2.15. The smallest absolute Gasteiger partial charge is 0.267 e. The number of nitrogens with zero attached hydrogens (tertiary/aromatic N) is 6. The quantitative estimate of drug-likeness (QED) is 0.357. The Morgan fingerprint density at radius 3 is 2.58 bits per heavy atom. The minimum Gasteiger partial charge on any atom is -0.382 e. The van der Waals surface area contributed by atoms with Crippen molar-refractivity contribution in [3.63, 3.8) is 0 Å². The Kier molecular flexibility index (Phi) is 6.51. The number of aromatic nitrogens is 6. The standard InChI is InChI=1S/C26H19ClN8O/c27-20-7-4-8-21-23(20)26(36)35(18-5-2-1-3-6-18)22(34-21)11-12-31-25-19(24(28)32-16-33-25)10-9-17-13-29-15-30-14-17/h1-8,13-16H,11-12H2,(H3,28,31,32,33). The number of halogens is 1. The van der Waals surface area contributed by atoms with Crippen LogP contribution in [-0.2, 0) is 6.42 Å². The van der Waals surface area contributed by atoms with Crippen molar-refractivity contribution < 1.29 is 0 Å². The van der Waals surface area contributed by atoms with Crippen molar-refractivity contribution in [2.75, 3.05) is 17.6 Å². The van der Waals surface area contributed by atoms with Gasteiger partial charge in [0.05, 0.1) is 27.2 Å². The maximum Gasteiger partial charge on any atom is 0.267 e. The first kappa shape index (κ1) is 23.0. The number of anilines is 2. The number of fused-ring (bicyclic) bond motifs is 1. The number of hydrogen-bond acceptors (Lipinski definition) is 8. The minimum absolute atomic E-state index is 0.227. The third-order valence-electron chi connectivity index (χ3n) is 5.34. The van der Waals surface area contributed by atoms with Gasteiger partial charge in [0, 0.05) is 25.4 Å². The average molecular weight is 495 g/mol. The van der Waals surface area contributed by atoms with Gasteiger partial charge in [-0.25, -0.2) is 24.9 Å². The molecule has 0 spiro atoms. The molecule has 176 valence electrons. The zero-order chi connectivity index (χ0) is 24.9. The zero-order valence-electron chi connectivity index (χ0n) is 18.9. The van der Waals surface area contributed by atoms with Gasteiger partial charge in [0.1, 0.15) is 35.7 Å². The Hall–Kier alpha value is -4.81. The molecule has 0 aliphatic heterocycles. The van der Waals surface area contributed by atoms with Crippen molar-refractivity contribution >= 4 is 34.1 Å². The highest BCUT2D eigenvalue weighted by Crippen LogP contribution is 2.21. The topological polar surface area (TPSA) is 124 Å². The molecule has 0 atom stereocenters. The second-order valence-corrected chi connectivity index (χ2v) is 8.08. The summed E-state index contributed by atoms with van der Waals surface area (Å²) in [5.41, 5.74) is 8.18. The lowest BCUT2D eigenvalue weighted by molar-refractivity contribution is 0.809. The van der Waals surface area contributed by atoms with E-state index in [1.54, 1.807) is 35.2 Å². The summed E-state index contributed by atoms with van der Waals surface area (Å²) in [4.78, 5) is 34.5. The normalized spacial score (nSPS) is 10.6. The Morgan fingerprint density at radius 2 is 1.78 bits per heavy atom. The number of nitrogens with two attached hydrogens (primary N) is 1. The first-order valence-electron chi connectivity index (χ1n) is 11.0. The molecule has 3 N–H and O–H groups in total. The van der Waals surface area contributed by atoms with Crippen molar-refractivity contribution in [1.82, 2.24) is 29.5 Å². The Labute approximate surface area is 211 Å². The molecule has 0 fully saturated rings. The van der Waals surface area contributed by atoms with Crippen LogP contribution < -0.4 is 16.6 Å². The van der Waals surface area contributed by atoms with Crippen LogP contribution >= 0.6 is 11.6 Å². The van der Waals surface area contributed by atoms with Gasteiger partial charge in [-0.05, 0) is 24.3 Å². The van der Waals surface area contributed by atoms with E-state index in [9.17, 15) is 4.79 Å². The summed E-state index contributed by atoms with van der Waals surface area (Å²) in [7, 11) is 0. The fourth-order valence-corrected chi connectivity index (χ4v) is 3.94. The average Bonchev–Trinajstić information content (AvgIpc) is 2.89. The molecule has 0 aliphatic rings. The van der Waals surface area contributed by atoms with Gasteiger partial charge < -0.3 is 11.1 Å². The van der Waals surface area contributed by atoms with Gasteiger partial charge in [-0.1, -0.05) is 47.7 Å². The van der Waals surface area contributed by atoms with Crippen LogP contribution in [0.4, 0.5) is 11.6 Å². The second kappa shape index (κ2) is 10.2. The van der Waals surface area contributed by atoms with E-state index in [4.69, 9.17) is 22.3 Å². The van der Waals surface area contributed by atoms with Crippen LogP contribution in [0.25, 0.3) is 16.6 Å². The van der Waals surface area contributed by atoms with Gasteiger partial charge in [-0.3, -0.25) is 9.36 Å². The van der Waals surface area contributed by atoms with Crippen molar-refractivity contribution in [3.05, 3.63) is 106 Å². The molecule has 10 heteroatoms. The lowest BCUT2D eigenvalue weighted by Gasteiger charge is -2.15. The monoisotopic (exact) mass is 494 g/mol. The molecule has 36 heavy (non-hydrogen) atoms. The van der Waals surface area contributed by atoms with E-state index < -0.39 is 0 Å². The van der Waals surface area contributed by atoms with Gasteiger partial charge in [0.15, 0.2) is 0 Å². The van der Waals surface area contributed by atoms with E-state index >= 15 is 0 Å². The molecule has 0 saturated heterocycles. The summed E-state index contributed by atoms with van der Waals surface area (Å²) in [6.07, 6.45) is 6.42. The van der Waals surface area contributed by atoms with Crippen LogP contribution in [0.5, 0.6) is 0 Å². The second-order valence-electron chi connectivity index (χ2n) is 7.67. The van der Waals surface area contributed by atoms with E-state index in [1.165, 1.54) is 12.7 Å². The van der Waals surface area contributed by atoms with Crippen LogP contribution in [0.2, 0.25) is 5.02 Å². The molecule has 2 aromatic carbocycles. The molecular weight excluding hydrogens is 476 g/mol. The predicted octanol–water partition coefficient (Wildman–Crippen LogP) is 3.26. The molecule has 0 unspecified atom stereocenters. The lowest BCUT2D eigenvalue weighted by Crippen LogP contribution is -2.25. The molecule has 5 rings (SSSR count). The van der Waals surface area contributed by atoms with Crippen LogP contribution in [-0.4, -0.2) is 36.0 Å². The first-order chi connectivity index (χ1) is 17.6.